The molecule has 0 aliphatic carbocycles. The molecule has 1 N–H and O–H groups in total. The molecule has 0 atom stereocenters. The normalized spacial score (nSPS) is 11.7. The van der Waals surface area contributed by atoms with Gasteiger partial charge in [-0.1, -0.05) is 54.1 Å². The van der Waals surface area contributed by atoms with Gasteiger partial charge in [0.2, 0.25) is 0 Å². The van der Waals surface area contributed by atoms with Crippen LogP contribution in [0.5, 0.6) is 0 Å². The summed E-state index contributed by atoms with van der Waals surface area (Å²) in [6.07, 6.45) is 1.58. The predicted octanol–water partition coefficient (Wildman–Crippen LogP) is 4.54. The van der Waals surface area contributed by atoms with Gasteiger partial charge in [-0.3, -0.25) is 4.79 Å². The third-order valence-electron chi connectivity index (χ3n) is 5.62. The zero-order valence-corrected chi connectivity index (χ0v) is 18.0. The molecule has 0 unspecified atom stereocenters. The van der Waals surface area contributed by atoms with Gasteiger partial charge in [0.05, 0.1) is 17.1 Å². The Morgan fingerprint density at radius 1 is 0.938 bits per heavy atom. The van der Waals surface area contributed by atoms with Crippen molar-refractivity contribution in [1.82, 2.24) is 14.2 Å². The second-order valence-electron chi connectivity index (χ2n) is 7.57. The summed E-state index contributed by atoms with van der Waals surface area (Å²) in [7, 11) is 0. The summed E-state index contributed by atoms with van der Waals surface area (Å²) >= 11 is 6.03. The molecule has 6 nitrogen and oxygen atoms in total. The Morgan fingerprint density at radius 3 is 2.41 bits per heavy atom. The van der Waals surface area contributed by atoms with Crippen LogP contribution in [0.2, 0.25) is 5.02 Å². The van der Waals surface area contributed by atoms with Crippen LogP contribution >= 0.6 is 11.6 Å². The molecular formula is C25H19ClN4O2. The first kappa shape index (κ1) is 20.0. The number of aromatic amines is 1. The number of nitrogens with zero attached hydrogens (tertiary/aromatic N) is 3. The monoisotopic (exact) mass is 442 g/mol. The number of nitrogens with one attached hydrogen (secondary N) is 1. The van der Waals surface area contributed by atoms with E-state index in [1.807, 2.05) is 55.5 Å². The number of H-pyrrole nitrogens is 1. The topological polar surface area (TPSA) is 72.2 Å². The summed E-state index contributed by atoms with van der Waals surface area (Å²) in [5, 5.41) is 6.37. The summed E-state index contributed by atoms with van der Waals surface area (Å²) in [5.74, 6) is 0. The highest BCUT2D eigenvalue weighted by molar-refractivity contribution is 6.30. The maximum Gasteiger partial charge on any atom is 0.349 e. The number of halogens is 1. The molecule has 0 aliphatic heterocycles. The second-order valence-corrected chi connectivity index (χ2v) is 8.00. The lowest BCUT2D eigenvalue weighted by molar-refractivity contribution is 0.770. The van der Waals surface area contributed by atoms with Crippen LogP contribution < -0.4 is 11.2 Å². The molecule has 0 saturated carbocycles. The molecule has 7 heteroatoms. The quantitative estimate of drug-likeness (QED) is 0.415. The van der Waals surface area contributed by atoms with Crippen molar-refractivity contribution < 1.29 is 0 Å². The average molecular weight is 443 g/mol. The Bertz CT molecular complexity index is 1610. The first-order valence-corrected chi connectivity index (χ1v) is 10.5. The lowest BCUT2D eigenvalue weighted by Gasteiger charge is -2.09. The molecule has 0 bridgehead atoms. The standard InChI is InChI=1S/C25H19ClN4O2/c1-16-21(14-27-30-24(31)20-7-2-4-8-22(20)28-25(30)32)19-6-3-5-9-23(19)29(16)15-17-10-12-18(26)13-11-17/h2-14H,15H2,1H3,(H,28,32). The van der Waals surface area contributed by atoms with Gasteiger partial charge in [0, 0.05) is 33.7 Å². The SMILES string of the molecule is Cc1c(C=Nn2c(=O)[nH]c3ccccc3c2=O)c2ccccc2n1Cc1ccc(Cl)cc1. The fraction of sp³-hybridized carbons (Fsp3) is 0.0800. The largest absolute Gasteiger partial charge is 0.349 e. The Kier molecular flexibility index (Phi) is 4.99. The summed E-state index contributed by atoms with van der Waals surface area (Å²) in [5.41, 5.74) is 3.45. The first-order chi connectivity index (χ1) is 15.5. The molecule has 0 saturated heterocycles. The Balaban J connectivity index is 1.63. The van der Waals surface area contributed by atoms with E-state index in [1.165, 1.54) is 0 Å². The van der Waals surface area contributed by atoms with Crippen molar-refractivity contribution >= 4 is 39.6 Å². The third-order valence-corrected chi connectivity index (χ3v) is 5.87. The van der Waals surface area contributed by atoms with E-state index in [0.717, 1.165) is 32.4 Å². The fourth-order valence-corrected chi connectivity index (χ4v) is 4.10. The number of para-hydroxylation sites is 2. The van der Waals surface area contributed by atoms with E-state index in [2.05, 4.69) is 14.7 Å². The molecule has 0 aliphatic rings. The minimum absolute atomic E-state index is 0.408. The zero-order valence-electron chi connectivity index (χ0n) is 17.2. The molecule has 32 heavy (non-hydrogen) atoms. The van der Waals surface area contributed by atoms with Crippen molar-refractivity contribution in [3.63, 3.8) is 0 Å². The smallest absolute Gasteiger partial charge is 0.340 e. The Morgan fingerprint density at radius 2 is 1.62 bits per heavy atom. The van der Waals surface area contributed by atoms with E-state index in [9.17, 15) is 9.59 Å². The summed E-state index contributed by atoms with van der Waals surface area (Å²) in [6, 6.07) is 22.6. The van der Waals surface area contributed by atoms with E-state index in [-0.39, 0.29) is 0 Å². The summed E-state index contributed by atoms with van der Waals surface area (Å²) in [6.45, 7) is 2.67. The molecule has 0 radical (unpaired) electrons. The number of hydrogen-bond donors (Lipinski definition) is 1. The van der Waals surface area contributed by atoms with E-state index in [0.29, 0.717) is 22.5 Å². The van der Waals surface area contributed by atoms with Gasteiger partial charge in [-0.05, 0) is 42.8 Å². The maximum atomic E-state index is 12.8. The van der Waals surface area contributed by atoms with Gasteiger partial charge in [-0.2, -0.15) is 5.10 Å². The van der Waals surface area contributed by atoms with Gasteiger partial charge < -0.3 is 9.55 Å². The zero-order chi connectivity index (χ0) is 22.2. The van der Waals surface area contributed by atoms with E-state index in [4.69, 9.17) is 11.6 Å². The van der Waals surface area contributed by atoms with Gasteiger partial charge in [-0.25, -0.2) is 4.79 Å². The van der Waals surface area contributed by atoms with Crippen molar-refractivity contribution in [1.29, 1.82) is 0 Å². The van der Waals surface area contributed by atoms with Crippen LogP contribution in [0.15, 0.2) is 87.5 Å². The number of fused-ring (bicyclic) bond motifs is 2. The second kappa shape index (κ2) is 7.98. The van der Waals surface area contributed by atoms with Gasteiger partial charge in [0.1, 0.15) is 0 Å². The minimum Gasteiger partial charge on any atom is -0.340 e. The van der Waals surface area contributed by atoms with Crippen LogP contribution in [-0.2, 0) is 6.54 Å². The number of hydrogen-bond acceptors (Lipinski definition) is 3. The molecule has 0 amide bonds. The highest BCUT2D eigenvalue weighted by Gasteiger charge is 2.13. The van der Waals surface area contributed by atoms with Crippen LogP contribution in [0.1, 0.15) is 16.8 Å². The molecule has 0 spiro atoms. The number of benzene rings is 3. The Labute approximate surface area is 188 Å². The van der Waals surface area contributed by atoms with E-state index < -0.39 is 11.2 Å². The minimum atomic E-state index is -0.576. The molecule has 0 fully saturated rings. The predicted molar refractivity (Wildman–Crippen MR) is 129 cm³/mol. The number of rotatable bonds is 4. The van der Waals surface area contributed by atoms with Gasteiger partial charge >= 0.3 is 5.69 Å². The van der Waals surface area contributed by atoms with Crippen LogP contribution in [0, 0.1) is 6.92 Å². The highest BCUT2D eigenvalue weighted by Crippen LogP contribution is 2.26. The maximum absolute atomic E-state index is 12.8. The fourth-order valence-electron chi connectivity index (χ4n) is 3.97. The highest BCUT2D eigenvalue weighted by atomic mass is 35.5. The summed E-state index contributed by atoms with van der Waals surface area (Å²) in [4.78, 5) is 28.0. The van der Waals surface area contributed by atoms with Crippen molar-refractivity contribution in [2.45, 2.75) is 13.5 Å². The molecule has 5 rings (SSSR count). The summed E-state index contributed by atoms with van der Waals surface area (Å²) < 4.78 is 3.06. The molecule has 2 aromatic heterocycles. The molecular weight excluding hydrogens is 424 g/mol. The van der Waals surface area contributed by atoms with Crippen LogP contribution in [0.25, 0.3) is 21.8 Å². The lowest BCUT2D eigenvalue weighted by Crippen LogP contribution is -2.32. The van der Waals surface area contributed by atoms with Crippen LogP contribution in [0.4, 0.5) is 0 Å². The van der Waals surface area contributed by atoms with Crippen molar-refractivity contribution in [3.05, 3.63) is 115 Å². The molecule has 3 aromatic carbocycles. The van der Waals surface area contributed by atoms with Crippen molar-refractivity contribution in [3.8, 4) is 0 Å². The first-order valence-electron chi connectivity index (χ1n) is 10.1. The van der Waals surface area contributed by atoms with E-state index >= 15 is 0 Å². The van der Waals surface area contributed by atoms with Crippen molar-refractivity contribution in [2.24, 2.45) is 5.10 Å². The van der Waals surface area contributed by atoms with Gasteiger partial charge in [0.15, 0.2) is 0 Å². The average Bonchev–Trinajstić information content (AvgIpc) is 3.06. The van der Waals surface area contributed by atoms with Gasteiger partial charge in [-0.15, -0.1) is 4.68 Å². The van der Waals surface area contributed by atoms with Crippen LogP contribution in [-0.4, -0.2) is 20.4 Å². The third kappa shape index (κ3) is 3.44. The van der Waals surface area contributed by atoms with Crippen molar-refractivity contribution in [2.75, 3.05) is 0 Å². The Hall–Kier alpha value is -3.90. The molecule has 158 valence electrons. The van der Waals surface area contributed by atoms with E-state index in [1.54, 1.807) is 30.5 Å². The van der Waals surface area contributed by atoms with Crippen LogP contribution in [0.3, 0.4) is 0 Å². The van der Waals surface area contributed by atoms with Gasteiger partial charge in [0.25, 0.3) is 5.56 Å². The molecule has 2 heterocycles. The lowest BCUT2D eigenvalue weighted by atomic mass is 10.1. The molecule has 5 aromatic rings. The number of aromatic nitrogens is 3.